The lowest BCUT2D eigenvalue weighted by atomic mass is 10.2. The SMILES string of the molecule is CCOC(=O)NC(=S)Nc1ncc(Br)cc1C(=O)N[C@@H](C)COC. The lowest BCUT2D eigenvalue weighted by Crippen LogP contribution is -2.38. The van der Waals surface area contributed by atoms with Crippen molar-refractivity contribution in [2.45, 2.75) is 19.9 Å². The molecule has 8 nitrogen and oxygen atoms in total. The first-order valence-electron chi connectivity index (χ1n) is 7.07. The van der Waals surface area contributed by atoms with E-state index in [1.807, 2.05) is 6.92 Å². The van der Waals surface area contributed by atoms with Crippen LogP contribution in [0.15, 0.2) is 16.7 Å². The van der Waals surface area contributed by atoms with E-state index in [0.717, 1.165) is 0 Å². The van der Waals surface area contributed by atoms with Crippen molar-refractivity contribution in [1.29, 1.82) is 0 Å². The molecule has 0 radical (unpaired) electrons. The zero-order chi connectivity index (χ0) is 18.1. The Labute approximate surface area is 153 Å². The van der Waals surface area contributed by atoms with Crippen molar-refractivity contribution in [3.05, 3.63) is 22.3 Å². The number of ether oxygens (including phenoxy) is 2. The van der Waals surface area contributed by atoms with Gasteiger partial charge in [0, 0.05) is 23.8 Å². The number of methoxy groups -OCH3 is 1. The zero-order valence-corrected chi connectivity index (χ0v) is 15.9. The van der Waals surface area contributed by atoms with Crippen molar-refractivity contribution in [2.24, 2.45) is 0 Å². The highest BCUT2D eigenvalue weighted by Gasteiger charge is 2.17. The molecule has 1 aromatic heterocycles. The number of nitrogens with one attached hydrogen (secondary N) is 3. The number of nitrogens with zero attached hydrogens (tertiary/aromatic N) is 1. The summed E-state index contributed by atoms with van der Waals surface area (Å²) in [5.41, 5.74) is 0.264. The van der Waals surface area contributed by atoms with Gasteiger partial charge in [-0.25, -0.2) is 9.78 Å². The van der Waals surface area contributed by atoms with E-state index in [-0.39, 0.29) is 35.0 Å². The number of pyridine rings is 1. The predicted octanol–water partition coefficient (Wildman–Crippen LogP) is 2.05. The monoisotopic (exact) mass is 418 g/mol. The van der Waals surface area contributed by atoms with Gasteiger partial charge in [-0.1, -0.05) is 0 Å². The topological polar surface area (TPSA) is 102 Å². The molecule has 0 aliphatic carbocycles. The summed E-state index contributed by atoms with van der Waals surface area (Å²) in [6.45, 7) is 4.08. The number of thiocarbonyl (C=S) groups is 1. The molecule has 0 saturated heterocycles. The van der Waals surface area contributed by atoms with Gasteiger partial charge in [0.25, 0.3) is 5.91 Å². The van der Waals surface area contributed by atoms with Crippen LogP contribution in [0.5, 0.6) is 0 Å². The molecule has 0 unspecified atom stereocenters. The minimum absolute atomic E-state index is 0.0257. The van der Waals surface area contributed by atoms with E-state index in [1.54, 1.807) is 20.1 Å². The van der Waals surface area contributed by atoms with Gasteiger partial charge in [0.1, 0.15) is 5.82 Å². The van der Waals surface area contributed by atoms with Gasteiger partial charge in [0.15, 0.2) is 5.11 Å². The van der Waals surface area contributed by atoms with Gasteiger partial charge >= 0.3 is 6.09 Å². The number of anilines is 1. The smallest absolute Gasteiger partial charge is 0.413 e. The summed E-state index contributed by atoms with van der Waals surface area (Å²) in [6, 6.07) is 1.41. The van der Waals surface area contributed by atoms with Crippen molar-refractivity contribution in [3.63, 3.8) is 0 Å². The third-order valence-corrected chi connectivity index (χ3v) is 3.25. The normalized spacial score (nSPS) is 11.3. The number of carbonyl (C=O) groups excluding carboxylic acids is 2. The highest BCUT2D eigenvalue weighted by Crippen LogP contribution is 2.18. The maximum absolute atomic E-state index is 12.4. The van der Waals surface area contributed by atoms with Gasteiger partial charge < -0.3 is 20.1 Å². The number of hydrogen-bond donors (Lipinski definition) is 3. The largest absolute Gasteiger partial charge is 0.450 e. The minimum Gasteiger partial charge on any atom is -0.450 e. The lowest BCUT2D eigenvalue weighted by molar-refractivity contribution is 0.0906. The van der Waals surface area contributed by atoms with Crippen LogP contribution in [0.4, 0.5) is 10.6 Å². The minimum atomic E-state index is -0.688. The number of amides is 2. The fraction of sp³-hybridized carbons (Fsp3) is 0.429. The molecule has 1 atom stereocenters. The number of hydrogen-bond acceptors (Lipinski definition) is 6. The Morgan fingerprint density at radius 2 is 2.17 bits per heavy atom. The van der Waals surface area contributed by atoms with Gasteiger partial charge in [-0.2, -0.15) is 0 Å². The molecule has 0 aliphatic rings. The lowest BCUT2D eigenvalue weighted by Gasteiger charge is -2.16. The van der Waals surface area contributed by atoms with Gasteiger partial charge in [0.05, 0.1) is 18.8 Å². The average molecular weight is 419 g/mol. The molecule has 1 aromatic rings. The number of carbonyl (C=O) groups is 2. The summed E-state index contributed by atoms with van der Waals surface area (Å²) in [5.74, 6) is -0.142. The van der Waals surface area contributed by atoms with E-state index >= 15 is 0 Å². The van der Waals surface area contributed by atoms with Crippen molar-refractivity contribution in [3.8, 4) is 0 Å². The summed E-state index contributed by atoms with van der Waals surface area (Å²) < 4.78 is 10.3. The molecule has 1 rings (SSSR count). The summed E-state index contributed by atoms with van der Waals surface area (Å²) in [7, 11) is 1.55. The first kappa shape index (κ1) is 20.3. The molecular formula is C14H19BrN4O4S. The van der Waals surface area contributed by atoms with Crippen LogP contribution in [0.3, 0.4) is 0 Å². The Bertz CT molecular complexity index is 614. The third kappa shape index (κ3) is 6.77. The number of alkyl carbamates (subject to hydrolysis) is 1. The van der Waals surface area contributed by atoms with Crippen LogP contribution in [0.2, 0.25) is 0 Å². The predicted molar refractivity (Wildman–Crippen MR) is 97.1 cm³/mol. The maximum Gasteiger partial charge on any atom is 0.413 e. The fourth-order valence-corrected chi connectivity index (χ4v) is 2.22. The number of rotatable bonds is 6. The van der Waals surface area contributed by atoms with Crippen LogP contribution in [0.25, 0.3) is 0 Å². The maximum atomic E-state index is 12.4. The molecule has 24 heavy (non-hydrogen) atoms. The van der Waals surface area contributed by atoms with Crippen LogP contribution in [-0.2, 0) is 9.47 Å². The molecule has 10 heteroatoms. The summed E-state index contributed by atoms with van der Waals surface area (Å²) in [5, 5.41) is 7.79. The van der Waals surface area contributed by atoms with E-state index in [4.69, 9.17) is 21.7 Å². The first-order chi connectivity index (χ1) is 11.4. The Hall–Kier alpha value is -1.78. The molecule has 2 amide bonds. The molecule has 132 valence electrons. The van der Waals surface area contributed by atoms with Crippen molar-refractivity contribution >= 4 is 51.1 Å². The van der Waals surface area contributed by atoms with Crippen LogP contribution in [-0.4, -0.2) is 48.5 Å². The molecule has 0 saturated carbocycles. The summed E-state index contributed by atoms with van der Waals surface area (Å²) in [4.78, 5) is 27.9. The molecule has 0 fully saturated rings. The van der Waals surface area contributed by atoms with E-state index in [2.05, 4.69) is 36.9 Å². The summed E-state index contributed by atoms with van der Waals surface area (Å²) >= 11 is 8.28. The first-order valence-corrected chi connectivity index (χ1v) is 8.27. The van der Waals surface area contributed by atoms with Gasteiger partial charge in [-0.3, -0.25) is 10.1 Å². The number of halogens is 1. The molecule has 1 heterocycles. The molecular weight excluding hydrogens is 400 g/mol. The molecule has 0 bridgehead atoms. The van der Waals surface area contributed by atoms with Crippen molar-refractivity contribution < 1.29 is 19.1 Å². The van der Waals surface area contributed by atoms with Crippen LogP contribution in [0, 0.1) is 0 Å². The van der Waals surface area contributed by atoms with Gasteiger partial charge in [-0.05, 0) is 48.1 Å². The Balaban J connectivity index is 2.86. The highest BCUT2D eigenvalue weighted by molar-refractivity contribution is 9.10. The molecule has 3 N–H and O–H groups in total. The second kappa shape index (κ2) is 10.2. The second-order valence-electron chi connectivity index (χ2n) is 4.68. The standard InChI is InChI=1S/C14H19BrN4O4S/c1-4-23-14(21)19-13(24)18-11-10(5-9(15)6-16-11)12(20)17-8(2)7-22-3/h5-6,8H,4,7H2,1-3H3,(H,17,20)(H2,16,18,19,21,24)/t8-/m0/s1. The van der Waals surface area contributed by atoms with Crippen molar-refractivity contribution in [2.75, 3.05) is 25.6 Å². The Kier molecular flexibility index (Phi) is 8.58. The molecule has 0 aromatic carbocycles. The van der Waals surface area contributed by atoms with Crippen LogP contribution in [0.1, 0.15) is 24.2 Å². The van der Waals surface area contributed by atoms with E-state index < -0.39 is 6.09 Å². The number of aromatic nitrogens is 1. The van der Waals surface area contributed by atoms with Crippen LogP contribution >= 0.6 is 28.1 Å². The second-order valence-corrected chi connectivity index (χ2v) is 6.00. The third-order valence-electron chi connectivity index (χ3n) is 2.62. The fourth-order valence-electron chi connectivity index (χ4n) is 1.70. The Morgan fingerprint density at radius 1 is 1.46 bits per heavy atom. The average Bonchev–Trinajstić information content (AvgIpc) is 2.49. The van der Waals surface area contributed by atoms with Crippen LogP contribution < -0.4 is 16.0 Å². The van der Waals surface area contributed by atoms with Gasteiger partial charge in [0.2, 0.25) is 0 Å². The van der Waals surface area contributed by atoms with E-state index in [9.17, 15) is 9.59 Å². The molecule has 0 spiro atoms. The Morgan fingerprint density at radius 3 is 2.79 bits per heavy atom. The zero-order valence-electron chi connectivity index (χ0n) is 13.5. The van der Waals surface area contributed by atoms with Crippen molar-refractivity contribution in [1.82, 2.24) is 15.6 Å². The molecule has 0 aliphatic heterocycles. The quantitative estimate of drug-likeness (QED) is 0.607. The van der Waals surface area contributed by atoms with E-state index in [0.29, 0.717) is 11.1 Å². The highest BCUT2D eigenvalue weighted by atomic mass is 79.9. The van der Waals surface area contributed by atoms with E-state index in [1.165, 1.54) is 6.20 Å². The summed E-state index contributed by atoms with van der Waals surface area (Å²) in [6.07, 6.45) is 0.817. The van der Waals surface area contributed by atoms with Gasteiger partial charge in [-0.15, -0.1) is 0 Å².